The fourth-order valence-corrected chi connectivity index (χ4v) is 2.63. The van der Waals surface area contributed by atoms with Crippen molar-refractivity contribution in [3.05, 3.63) is 90.0 Å². The number of rotatable bonds is 8. The number of carbonyl (C=O) groups excluding carboxylic acids is 1. The fraction of sp³-hybridized carbons (Fsp3) is 0.238. The molecule has 1 amide bonds. The molecule has 0 bridgehead atoms. The summed E-state index contributed by atoms with van der Waals surface area (Å²) in [6.07, 6.45) is 4.99. The first-order chi connectivity index (χ1) is 12.7. The molecular weight excluding hydrogens is 326 g/mol. The molecule has 26 heavy (non-hydrogen) atoms. The highest BCUT2D eigenvalue weighted by molar-refractivity contribution is 5.80. The highest BCUT2D eigenvalue weighted by Gasteiger charge is 2.13. The number of nitrogens with zero attached hydrogens (tertiary/aromatic N) is 2. The average molecular weight is 349 g/mol. The number of hydrogen-bond acceptors (Lipinski definition) is 3. The maximum absolute atomic E-state index is 12.2. The lowest BCUT2D eigenvalue weighted by molar-refractivity contribution is -0.132. The molecule has 0 radical (unpaired) electrons. The largest absolute Gasteiger partial charge is 0.364 e. The van der Waals surface area contributed by atoms with E-state index in [2.05, 4.69) is 22.4 Å². The summed E-state index contributed by atoms with van der Waals surface area (Å²) in [5.41, 5.74) is 3.29. The van der Waals surface area contributed by atoms with E-state index in [1.54, 1.807) is 19.4 Å². The third kappa shape index (κ3) is 5.29. The molecule has 0 aliphatic rings. The standard InChI is InChI=1S/C21H23N3O2/c1-17(26-15-18-6-3-2-4-7-18)21(25)23-13-19-8-5-9-20(12-19)14-24-11-10-22-16-24/h2-12,16-17H,13-15H2,1H3,(H,23,25). The summed E-state index contributed by atoms with van der Waals surface area (Å²) in [7, 11) is 0. The van der Waals surface area contributed by atoms with Gasteiger partial charge in [0.15, 0.2) is 0 Å². The van der Waals surface area contributed by atoms with Crippen molar-refractivity contribution in [3.63, 3.8) is 0 Å². The van der Waals surface area contributed by atoms with Crippen molar-refractivity contribution in [1.29, 1.82) is 0 Å². The Balaban J connectivity index is 1.47. The highest BCUT2D eigenvalue weighted by Crippen LogP contribution is 2.08. The number of carbonyl (C=O) groups is 1. The lowest BCUT2D eigenvalue weighted by atomic mass is 10.1. The predicted molar refractivity (Wildman–Crippen MR) is 100 cm³/mol. The van der Waals surface area contributed by atoms with Gasteiger partial charge in [0.2, 0.25) is 5.91 Å². The lowest BCUT2D eigenvalue weighted by Crippen LogP contribution is -2.34. The zero-order valence-corrected chi connectivity index (χ0v) is 14.8. The summed E-state index contributed by atoms with van der Waals surface area (Å²) < 4.78 is 7.66. The summed E-state index contributed by atoms with van der Waals surface area (Å²) in [4.78, 5) is 16.3. The van der Waals surface area contributed by atoms with Gasteiger partial charge in [-0.3, -0.25) is 4.79 Å². The van der Waals surface area contributed by atoms with E-state index >= 15 is 0 Å². The third-order valence-corrected chi connectivity index (χ3v) is 4.09. The molecule has 3 rings (SSSR count). The zero-order valence-electron chi connectivity index (χ0n) is 14.8. The normalized spacial score (nSPS) is 11.9. The van der Waals surface area contributed by atoms with Crippen LogP contribution < -0.4 is 5.32 Å². The molecule has 1 atom stereocenters. The summed E-state index contributed by atoms with van der Waals surface area (Å²) in [6, 6.07) is 18.0. The molecule has 5 heteroatoms. The van der Waals surface area contributed by atoms with Crippen molar-refractivity contribution >= 4 is 5.91 Å². The molecule has 1 unspecified atom stereocenters. The monoisotopic (exact) mass is 349 g/mol. The molecule has 0 saturated carbocycles. The van der Waals surface area contributed by atoms with Crippen molar-refractivity contribution < 1.29 is 9.53 Å². The van der Waals surface area contributed by atoms with Crippen LogP contribution in [-0.2, 0) is 29.2 Å². The number of nitrogens with one attached hydrogen (secondary N) is 1. The number of hydrogen-bond donors (Lipinski definition) is 1. The van der Waals surface area contributed by atoms with Gasteiger partial charge in [0.25, 0.3) is 0 Å². The SMILES string of the molecule is CC(OCc1ccccc1)C(=O)NCc1cccc(Cn2ccnc2)c1. The van der Waals surface area contributed by atoms with E-state index in [1.165, 1.54) is 5.56 Å². The van der Waals surface area contributed by atoms with Crippen molar-refractivity contribution in [3.8, 4) is 0 Å². The Morgan fingerprint density at radius 2 is 1.88 bits per heavy atom. The minimum atomic E-state index is -0.496. The zero-order chi connectivity index (χ0) is 18.2. The quantitative estimate of drug-likeness (QED) is 0.680. The van der Waals surface area contributed by atoms with E-state index in [4.69, 9.17) is 4.74 Å². The minimum absolute atomic E-state index is 0.110. The van der Waals surface area contributed by atoms with Crippen LogP contribution in [0.3, 0.4) is 0 Å². The second-order valence-electron chi connectivity index (χ2n) is 6.21. The van der Waals surface area contributed by atoms with Gasteiger partial charge in [0.1, 0.15) is 6.10 Å². The first kappa shape index (κ1) is 17.9. The Labute approximate surface area is 153 Å². The first-order valence-electron chi connectivity index (χ1n) is 8.67. The van der Waals surface area contributed by atoms with Gasteiger partial charge in [-0.05, 0) is 23.6 Å². The molecule has 5 nitrogen and oxygen atoms in total. The molecule has 0 saturated heterocycles. The maximum atomic E-state index is 12.2. The number of ether oxygens (including phenoxy) is 1. The van der Waals surface area contributed by atoms with Crippen LogP contribution in [-0.4, -0.2) is 21.6 Å². The van der Waals surface area contributed by atoms with Gasteiger partial charge in [-0.1, -0.05) is 54.6 Å². The van der Waals surface area contributed by atoms with Crippen LogP contribution in [0.2, 0.25) is 0 Å². The van der Waals surface area contributed by atoms with E-state index in [0.717, 1.165) is 17.7 Å². The molecule has 1 aromatic heterocycles. The van der Waals surface area contributed by atoms with Gasteiger partial charge in [0, 0.05) is 25.5 Å². The van der Waals surface area contributed by atoms with E-state index < -0.39 is 6.10 Å². The van der Waals surface area contributed by atoms with Crippen molar-refractivity contribution in [1.82, 2.24) is 14.9 Å². The molecule has 1 N–H and O–H groups in total. The van der Waals surface area contributed by atoms with E-state index in [-0.39, 0.29) is 5.91 Å². The molecule has 3 aromatic rings. The summed E-state index contributed by atoms with van der Waals surface area (Å²) in [5.74, 6) is -0.110. The van der Waals surface area contributed by atoms with Crippen LogP contribution in [0, 0.1) is 0 Å². The Hall–Kier alpha value is -2.92. The van der Waals surface area contributed by atoms with Crippen LogP contribution >= 0.6 is 0 Å². The van der Waals surface area contributed by atoms with Crippen LogP contribution in [0.5, 0.6) is 0 Å². The van der Waals surface area contributed by atoms with Crippen LogP contribution in [0.15, 0.2) is 73.3 Å². The number of benzene rings is 2. The molecule has 0 aliphatic heterocycles. The smallest absolute Gasteiger partial charge is 0.249 e. The topological polar surface area (TPSA) is 56.1 Å². The summed E-state index contributed by atoms with van der Waals surface area (Å²) >= 11 is 0. The first-order valence-corrected chi connectivity index (χ1v) is 8.67. The van der Waals surface area contributed by atoms with Gasteiger partial charge in [0.05, 0.1) is 12.9 Å². The predicted octanol–water partition coefficient (Wildman–Crippen LogP) is 3.15. The molecular formula is C21H23N3O2. The Kier molecular flexibility index (Phi) is 6.17. The minimum Gasteiger partial charge on any atom is -0.364 e. The maximum Gasteiger partial charge on any atom is 0.249 e. The van der Waals surface area contributed by atoms with Gasteiger partial charge in [-0.25, -0.2) is 4.98 Å². The van der Waals surface area contributed by atoms with E-state index in [0.29, 0.717) is 13.2 Å². The summed E-state index contributed by atoms with van der Waals surface area (Å²) in [6.45, 7) is 3.44. The second-order valence-corrected chi connectivity index (χ2v) is 6.21. The highest BCUT2D eigenvalue weighted by atomic mass is 16.5. The van der Waals surface area contributed by atoms with Crippen LogP contribution in [0.4, 0.5) is 0 Å². The second kappa shape index (κ2) is 8.97. The van der Waals surface area contributed by atoms with Gasteiger partial charge in [-0.15, -0.1) is 0 Å². The van der Waals surface area contributed by atoms with Crippen molar-refractivity contribution in [2.75, 3.05) is 0 Å². The van der Waals surface area contributed by atoms with Gasteiger partial charge < -0.3 is 14.6 Å². The van der Waals surface area contributed by atoms with Gasteiger partial charge in [-0.2, -0.15) is 0 Å². The molecule has 1 heterocycles. The summed E-state index contributed by atoms with van der Waals surface area (Å²) in [5, 5.41) is 2.94. The lowest BCUT2D eigenvalue weighted by Gasteiger charge is -2.14. The number of aromatic nitrogens is 2. The van der Waals surface area contributed by atoms with E-state index in [1.807, 2.05) is 53.2 Å². The fourth-order valence-electron chi connectivity index (χ4n) is 2.63. The number of imidazole rings is 1. The molecule has 134 valence electrons. The van der Waals surface area contributed by atoms with Crippen molar-refractivity contribution in [2.45, 2.75) is 32.7 Å². The molecule has 0 fully saturated rings. The number of amides is 1. The van der Waals surface area contributed by atoms with Crippen molar-refractivity contribution in [2.24, 2.45) is 0 Å². The van der Waals surface area contributed by atoms with Gasteiger partial charge >= 0.3 is 0 Å². The Morgan fingerprint density at radius 3 is 2.65 bits per heavy atom. The molecule has 2 aromatic carbocycles. The molecule has 0 spiro atoms. The molecule has 0 aliphatic carbocycles. The average Bonchev–Trinajstić information content (AvgIpc) is 3.18. The van der Waals surface area contributed by atoms with E-state index in [9.17, 15) is 4.79 Å². The third-order valence-electron chi connectivity index (χ3n) is 4.09. The van der Waals surface area contributed by atoms with Crippen LogP contribution in [0.25, 0.3) is 0 Å². The Morgan fingerprint density at radius 1 is 1.12 bits per heavy atom. The van der Waals surface area contributed by atoms with Crippen LogP contribution in [0.1, 0.15) is 23.6 Å². The Bertz CT molecular complexity index is 816.